The zero-order valence-electron chi connectivity index (χ0n) is 9.94. The summed E-state index contributed by atoms with van der Waals surface area (Å²) in [6, 6.07) is 0. The summed E-state index contributed by atoms with van der Waals surface area (Å²) in [5, 5.41) is 0. The molecule has 1 nitrogen and oxygen atoms in total. The lowest BCUT2D eigenvalue weighted by molar-refractivity contribution is -0.112. The second-order valence-electron chi connectivity index (χ2n) is 4.69. The lowest BCUT2D eigenvalue weighted by atomic mass is 9.85. The first kappa shape index (κ1) is 11.1. The highest BCUT2D eigenvalue weighted by Crippen LogP contribution is 2.25. The Labute approximate surface area is 97.2 Å². The van der Waals surface area contributed by atoms with E-state index in [2.05, 4.69) is 32.1 Å². The number of carbonyl (C=O) groups is 1. The van der Waals surface area contributed by atoms with Gasteiger partial charge in [-0.1, -0.05) is 50.3 Å². The van der Waals surface area contributed by atoms with Crippen LogP contribution in [0, 0.1) is 11.8 Å². The van der Waals surface area contributed by atoms with Gasteiger partial charge < -0.3 is 0 Å². The molecule has 2 atom stereocenters. The molecule has 16 heavy (non-hydrogen) atoms. The van der Waals surface area contributed by atoms with Crippen molar-refractivity contribution < 1.29 is 4.79 Å². The third kappa shape index (κ3) is 2.24. The fourth-order valence-electron chi connectivity index (χ4n) is 2.05. The Morgan fingerprint density at radius 2 is 2.12 bits per heavy atom. The van der Waals surface area contributed by atoms with Gasteiger partial charge in [0, 0.05) is 11.1 Å². The highest BCUT2D eigenvalue weighted by molar-refractivity contribution is 6.10. The number of carbonyl (C=O) groups excluding carboxylic acids is 1. The molecule has 0 saturated carbocycles. The summed E-state index contributed by atoms with van der Waals surface area (Å²) in [4.78, 5) is 12.2. The molecule has 2 unspecified atom stereocenters. The van der Waals surface area contributed by atoms with Crippen molar-refractivity contribution in [3.8, 4) is 0 Å². The monoisotopic (exact) mass is 214 g/mol. The Morgan fingerprint density at radius 1 is 1.31 bits per heavy atom. The lowest BCUT2D eigenvalue weighted by Crippen LogP contribution is -2.13. The van der Waals surface area contributed by atoms with Crippen LogP contribution in [0.2, 0.25) is 0 Å². The smallest absolute Gasteiger partial charge is 0.188 e. The maximum atomic E-state index is 12.2. The standard InChI is InChI=1S/C15H18O/c1-11-8-9-14(10-12(11)2)15(16)13-6-4-3-5-7-13/h3-4,6,8-12H,5,7H2,1-2H3. The number of ketones is 1. The third-order valence-electron chi connectivity index (χ3n) is 3.42. The van der Waals surface area contributed by atoms with Crippen LogP contribution in [0.3, 0.4) is 0 Å². The predicted octanol–water partition coefficient (Wildman–Crippen LogP) is 3.60. The normalized spacial score (nSPS) is 28.6. The van der Waals surface area contributed by atoms with Crippen molar-refractivity contribution in [3.63, 3.8) is 0 Å². The van der Waals surface area contributed by atoms with Crippen LogP contribution in [0.25, 0.3) is 0 Å². The van der Waals surface area contributed by atoms with E-state index in [1.807, 2.05) is 18.2 Å². The van der Waals surface area contributed by atoms with E-state index < -0.39 is 0 Å². The van der Waals surface area contributed by atoms with E-state index in [-0.39, 0.29) is 5.78 Å². The number of allylic oxidation sites excluding steroid dienone is 8. The van der Waals surface area contributed by atoms with Crippen molar-refractivity contribution in [2.45, 2.75) is 26.7 Å². The quantitative estimate of drug-likeness (QED) is 0.686. The highest BCUT2D eigenvalue weighted by Gasteiger charge is 2.19. The van der Waals surface area contributed by atoms with Crippen molar-refractivity contribution in [1.82, 2.24) is 0 Å². The molecule has 0 bridgehead atoms. The molecule has 2 aliphatic carbocycles. The summed E-state index contributed by atoms with van der Waals surface area (Å²) in [6.07, 6.45) is 14.1. The summed E-state index contributed by atoms with van der Waals surface area (Å²) in [5.41, 5.74) is 1.81. The molecule has 0 aromatic carbocycles. The van der Waals surface area contributed by atoms with Gasteiger partial charge in [0.15, 0.2) is 5.78 Å². The van der Waals surface area contributed by atoms with Crippen molar-refractivity contribution in [1.29, 1.82) is 0 Å². The van der Waals surface area contributed by atoms with Crippen molar-refractivity contribution in [2.24, 2.45) is 11.8 Å². The molecule has 0 saturated heterocycles. The van der Waals surface area contributed by atoms with E-state index in [0.29, 0.717) is 11.8 Å². The number of Topliss-reactive ketones (excluding diaryl/α,β-unsaturated/α-hetero) is 1. The minimum absolute atomic E-state index is 0.208. The van der Waals surface area contributed by atoms with Crippen LogP contribution in [0.5, 0.6) is 0 Å². The van der Waals surface area contributed by atoms with Gasteiger partial charge in [0.25, 0.3) is 0 Å². The van der Waals surface area contributed by atoms with Crippen LogP contribution in [0.15, 0.2) is 47.6 Å². The van der Waals surface area contributed by atoms with E-state index in [4.69, 9.17) is 0 Å². The van der Waals surface area contributed by atoms with Gasteiger partial charge in [-0.3, -0.25) is 4.79 Å². The molecule has 1 heteroatoms. The molecular weight excluding hydrogens is 196 g/mol. The van der Waals surface area contributed by atoms with Gasteiger partial charge >= 0.3 is 0 Å². The largest absolute Gasteiger partial charge is 0.289 e. The summed E-state index contributed by atoms with van der Waals surface area (Å²) < 4.78 is 0. The summed E-state index contributed by atoms with van der Waals surface area (Å²) in [5.74, 6) is 1.21. The highest BCUT2D eigenvalue weighted by atomic mass is 16.1. The van der Waals surface area contributed by atoms with Gasteiger partial charge in [0.05, 0.1) is 0 Å². The average Bonchev–Trinajstić information content (AvgIpc) is 2.33. The van der Waals surface area contributed by atoms with E-state index in [1.165, 1.54) is 0 Å². The number of hydrogen-bond acceptors (Lipinski definition) is 1. The van der Waals surface area contributed by atoms with E-state index in [1.54, 1.807) is 0 Å². The second-order valence-corrected chi connectivity index (χ2v) is 4.69. The Morgan fingerprint density at radius 3 is 2.75 bits per heavy atom. The summed E-state index contributed by atoms with van der Waals surface area (Å²) in [6.45, 7) is 4.35. The molecule has 2 aliphatic rings. The van der Waals surface area contributed by atoms with Crippen molar-refractivity contribution in [3.05, 3.63) is 47.6 Å². The molecule has 0 aromatic heterocycles. The summed E-state index contributed by atoms with van der Waals surface area (Å²) in [7, 11) is 0. The number of hydrogen-bond donors (Lipinski definition) is 0. The van der Waals surface area contributed by atoms with E-state index >= 15 is 0 Å². The molecule has 0 heterocycles. The van der Waals surface area contributed by atoms with Crippen LogP contribution < -0.4 is 0 Å². The van der Waals surface area contributed by atoms with E-state index in [0.717, 1.165) is 24.0 Å². The molecule has 0 aromatic rings. The Balaban J connectivity index is 2.17. The average molecular weight is 214 g/mol. The fraction of sp³-hybridized carbons (Fsp3) is 0.400. The first-order valence-electron chi connectivity index (χ1n) is 5.99. The SMILES string of the molecule is CC1C=CC(C(=O)C2=CC=CCC2)=CC1C. The molecule has 2 rings (SSSR count). The third-order valence-corrected chi connectivity index (χ3v) is 3.42. The van der Waals surface area contributed by atoms with Gasteiger partial charge in [-0.05, 0) is 24.7 Å². The maximum Gasteiger partial charge on any atom is 0.188 e. The lowest BCUT2D eigenvalue weighted by Gasteiger charge is -2.19. The molecule has 0 N–H and O–H groups in total. The van der Waals surface area contributed by atoms with Crippen LogP contribution in [-0.4, -0.2) is 5.78 Å². The Kier molecular flexibility index (Phi) is 3.23. The van der Waals surface area contributed by atoms with Crippen LogP contribution in [-0.2, 0) is 4.79 Å². The zero-order valence-corrected chi connectivity index (χ0v) is 9.94. The first-order valence-corrected chi connectivity index (χ1v) is 5.99. The van der Waals surface area contributed by atoms with Crippen molar-refractivity contribution >= 4 is 5.78 Å². The molecular formula is C15H18O. The van der Waals surface area contributed by atoms with Gasteiger partial charge in [-0.2, -0.15) is 0 Å². The number of rotatable bonds is 2. The molecule has 0 radical (unpaired) electrons. The molecule has 0 amide bonds. The molecule has 0 spiro atoms. The molecule has 0 aliphatic heterocycles. The van der Waals surface area contributed by atoms with Gasteiger partial charge in [-0.25, -0.2) is 0 Å². The Bertz CT molecular complexity index is 407. The van der Waals surface area contributed by atoms with Gasteiger partial charge in [0.1, 0.15) is 0 Å². The molecule has 84 valence electrons. The van der Waals surface area contributed by atoms with Crippen molar-refractivity contribution in [2.75, 3.05) is 0 Å². The Hall–Kier alpha value is -1.37. The first-order chi connectivity index (χ1) is 7.68. The van der Waals surface area contributed by atoms with Crippen LogP contribution >= 0.6 is 0 Å². The van der Waals surface area contributed by atoms with Gasteiger partial charge in [-0.15, -0.1) is 0 Å². The second kappa shape index (κ2) is 4.65. The zero-order chi connectivity index (χ0) is 11.5. The maximum absolute atomic E-state index is 12.2. The topological polar surface area (TPSA) is 17.1 Å². The minimum atomic E-state index is 0.208. The van der Waals surface area contributed by atoms with Crippen LogP contribution in [0.4, 0.5) is 0 Å². The summed E-state index contributed by atoms with van der Waals surface area (Å²) >= 11 is 0. The fourth-order valence-corrected chi connectivity index (χ4v) is 2.05. The van der Waals surface area contributed by atoms with E-state index in [9.17, 15) is 4.79 Å². The predicted molar refractivity (Wildman–Crippen MR) is 67.0 cm³/mol. The van der Waals surface area contributed by atoms with Gasteiger partial charge in [0.2, 0.25) is 0 Å². The minimum Gasteiger partial charge on any atom is -0.289 e. The van der Waals surface area contributed by atoms with Crippen LogP contribution in [0.1, 0.15) is 26.7 Å². The molecule has 0 fully saturated rings.